The first kappa shape index (κ1) is 14.3. The molecule has 1 aliphatic rings. The lowest BCUT2D eigenvalue weighted by atomic mass is 10.0. The molecular formula is C16H21N3OS. The summed E-state index contributed by atoms with van der Waals surface area (Å²) in [4.78, 5) is 18.5. The van der Waals surface area contributed by atoms with Crippen molar-refractivity contribution in [2.75, 3.05) is 5.73 Å². The van der Waals surface area contributed by atoms with Gasteiger partial charge in [0.15, 0.2) is 0 Å². The van der Waals surface area contributed by atoms with E-state index in [9.17, 15) is 4.79 Å². The van der Waals surface area contributed by atoms with Gasteiger partial charge in [0.2, 0.25) is 0 Å². The zero-order valence-corrected chi connectivity index (χ0v) is 13.6. The normalized spacial score (nSPS) is 17.3. The van der Waals surface area contributed by atoms with Crippen molar-refractivity contribution in [3.05, 3.63) is 22.2 Å². The molecule has 2 aromatic rings. The second-order valence-corrected chi connectivity index (χ2v) is 7.33. The SMILES string of the molecule is Cc1cc(C)c2c(N)c(C(=O)NC3(C)CCCC3)sc2n1. The van der Waals surface area contributed by atoms with Crippen LogP contribution in [0.5, 0.6) is 0 Å². The van der Waals surface area contributed by atoms with Crippen molar-refractivity contribution in [1.82, 2.24) is 10.3 Å². The molecule has 0 bridgehead atoms. The number of thiophene rings is 1. The lowest BCUT2D eigenvalue weighted by molar-refractivity contribution is 0.0913. The Morgan fingerprint density at radius 3 is 2.71 bits per heavy atom. The molecule has 112 valence electrons. The van der Waals surface area contributed by atoms with Crippen LogP contribution in [0.3, 0.4) is 0 Å². The molecule has 0 unspecified atom stereocenters. The van der Waals surface area contributed by atoms with Gasteiger partial charge in [-0.25, -0.2) is 4.98 Å². The van der Waals surface area contributed by atoms with E-state index in [4.69, 9.17) is 5.73 Å². The number of pyridine rings is 1. The highest BCUT2D eigenvalue weighted by Crippen LogP contribution is 2.36. The Morgan fingerprint density at radius 1 is 1.38 bits per heavy atom. The van der Waals surface area contributed by atoms with Crippen molar-refractivity contribution in [2.24, 2.45) is 0 Å². The number of fused-ring (bicyclic) bond motifs is 1. The van der Waals surface area contributed by atoms with Crippen molar-refractivity contribution in [3.63, 3.8) is 0 Å². The van der Waals surface area contributed by atoms with Crippen molar-refractivity contribution < 1.29 is 4.79 Å². The maximum Gasteiger partial charge on any atom is 0.263 e. The second-order valence-electron chi connectivity index (χ2n) is 6.33. The number of hydrogen-bond donors (Lipinski definition) is 2. The van der Waals surface area contributed by atoms with Crippen LogP contribution in [0.15, 0.2) is 6.07 Å². The number of amides is 1. The van der Waals surface area contributed by atoms with Crippen LogP contribution < -0.4 is 11.1 Å². The summed E-state index contributed by atoms with van der Waals surface area (Å²) in [6.07, 6.45) is 4.44. The highest BCUT2D eigenvalue weighted by atomic mass is 32.1. The Morgan fingerprint density at radius 2 is 2.05 bits per heavy atom. The summed E-state index contributed by atoms with van der Waals surface area (Å²) in [5.41, 5.74) is 8.74. The first-order valence-electron chi connectivity index (χ1n) is 7.38. The minimum Gasteiger partial charge on any atom is -0.397 e. The van der Waals surface area contributed by atoms with Gasteiger partial charge in [-0.2, -0.15) is 0 Å². The molecule has 0 aromatic carbocycles. The Bertz CT molecular complexity index is 714. The highest BCUT2D eigenvalue weighted by Gasteiger charge is 2.31. The maximum atomic E-state index is 12.6. The molecule has 2 heterocycles. The van der Waals surface area contributed by atoms with Crippen LogP contribution in [0.25, 0.3) is 10.2 Å². The number of aromatic nitrogens is 1. The Labute approximate surface area is 128 Å². The molecule has 1 saturated carbocycles. The van der Waals surface area contributed by atoms with E-state index in [1.165, 1.54) is 24.2 Å². The molecule has 1 amide bonds. The van der Waals surface area contributed by atoms with E-state index >= 15 is 0 Å². The fraction of sp³-hybridized carbons (Fsp3) is 0.500. The first-order chi connectivity index (χ1) is 9.89. The molecule has 5 heteroatoms. The van der Waals surface area contributed by atoms with Crippen molar-refractivity contribution in [1.29, 1.82) is 0 Å². The number of nitrogens with zero attached hydrogens (tertiary/aromatic N) is 1. The molecule has 21 heavy (non-hydrogen) atoms. The van der Waals surface area contributed by atoms with E-state index in [-0.39, 0.29) is 11.4 Å². The molecule has 1 aliphatic carbocycles. The number of carbonyl (C=O) groups excluding carboxylic acids is 1. The fourth-order valence-corrected chi connectivity index (χ4v) is 4.36. The molecule has 4 nitrogen and oxygen atoms in total. The molecule has 0 radical (unpaired) electrons. The zero-order chi connectivity index (χ0) is 15.2. The van der Waals surface area contributed by atoms with Crippen LogP contribution >= 0.6 is 11.3 Å². The van der Waals surface area contributed by atoms with Gasteiger partial charge in [-0.3, -0.25) is 4.79 Å². The second kappa shape index (κ2) is 4.98. The first-order valence-corrected chi connectivity index (χ1v) is 8.20. The van der Waals surface area contributed by atoms with E-state index in [1.807, 2.05) is 19.9 Å². The van der Waals surface area contributed by atoms with E-state index in [0.29, 0.717) is 10.6 Å². The van der Waals surface area contributed by atoms with Gasteiger partial charge in [-0.05, 0) is 45.2 Å². The minimum atomic E-state index is -0.0852. The number of aryl methyl sites for hydroxylation is 2. The fourth-order valence-electron chi connectivity index (χ4n) is 3.25. The van der Waals surface area contributed by atoms with Crippen LogP contribution in [0.1, 0.15) is 53.5 Å². The van der Waals surface area contributed by atoms with E-state index in [2.05, 4.69) is 17.2 Å². The summed E-state index contributed by atoms with van der Waals surface area (Å²) in [5.74, 6) is -0.0584. The third-order valence-corrected chi connectivity index (χ3v) is 5.45. The monoisotopic (exact) mass is 303 g/mol. The topological polar surface area (TPSA) is 68.0 Å². The number of hydrogen-bond acceptors (Lipinski definition) is 4. The van der Waals surface area contributed by atoms with Crippen LogP contribution in [0.4, 0.5) is 5.69 Å². The van der Waals surface area contributed by atoms with E-state index in [0.717, 1.165) is 34.3 Å². The van der Waals surface area contributed by atoms with Crippen molar-refractivity contribution in [3.8, 4) is 0 Å². The highest BCUT2D eigenvalue weighted by molar-refractivity contribution is 7.21. The summed E-state index contributed by atoms with van der Waals surface area (Å²) < 4.78 is 0. The average molecular weight is 303 g/mol. The largest absolute Gasteiger partial charge is 0.397 e. The summed E-state index contributed by atoms with van der Waals surface area (Å²) in [7, 11) is 0. The minimum absolute atomic E-state index is 0.0584. The smallest absolute Gasteiger partial charge is 0.263 e. The number of anilines is 1. The van der Waals surface area contributed by atoms with E-state index < -0.39 is 0 Å². The van der Waals surface area contributed by atoms with Crippen molar-refractivity contribution >= 4 is 33.1 Å². The van der Waals surface area contributed by atoms with Gasteiger partial charge >= 0.3 is 0 Å². The maximum absolute atomic E-state index is 12.6. The quantitative estimate of drug-likeness (QED) is 0.891. The number of nitrogen functional groups attached to an aromatic ring is 1. The molecule has 0 aliphatic heterocycles. The van der Waals surface area contributed by atoms with Crippen LogP contribution in [0.2, 0.25) is 0 Å². The Kier molecular flexibility index (Phi) is 3.40. The van der Waals surface area contributed by atoms with Crippen molar-refractivity contribution in [2.45, 2.75) is 52.0 Å². The summed E-state index contributed by atoms with van der Waals surface area (Å²) in [5, 5.41) is 4.09. The predicted molar refractivity (Wildman–Crippen MR) is 87.8 cm³/mol. The third kappa shape index (κ3) is 2.50. The van der Waals surface area contributed by atoms with Gasteiger partial charge in [0.1, 0.15) is 9.71 Å². The molecule has 2 aromatic heterocycles. The molecular weight excluding hydrogens is 282 g/mol. The standard InChI is InChI=1S/C16H21N3OS/c1-9-8-10(2)18-15-11(9)12(17)13(21-15)14(20)19-16(3)6-4-5-7-16/h8H,4-7,17H2,1-3H3,(H,19,20). The molecule has 0 saturated heterocycles. The third-order valence-electron chi connectivity index (χ3n) is 4.35. The van der Waals surface area contributed by atoms with Gasteiger partial charge in [0, 0.05) is 16.6 Å². The predicted octanol–water partition coefficient (Wildman–Crippen LogP) is 3.56. The molecule has 3 N–H and O–H groups in total. The van der Waals surface area contributed by atoms with Crippen LogP contribution in [-0.2, 0) is 0 Å². The van der Waals surface area contributed by atoms with E-state index in [1.54, 1.807) is 0 Å². The lowest BCUT2D eigenvalue weighted by Crippen LogP contribution is -2.43. The Hall–Kier alpha value is -1.62. The molecule has 1 fully saturated rings. The van der Waals surface area contributed by atoms with Crippen LogP contribution in [-0.4, -0.2) is 16.4 Å². The summed E-state index contributed by atoms with van der Waals surface area (Å²) >= 11 is 1.39. The molecule has 3 rings (SSSR count). The van der Waals surface area contributed by atoms with Gasteiger partial charge in [-0.1, -0.05) is 12.8 Å². The molecule has 0 spiro atoms. The molecule has 0 atom stereocenters. The summed E-state index contributed by atoms with van der Waals surface area (Å²) in [6.45, 7) is 6.09. The number of carbonyl (C=O) groups is 1. The number of nitrogens with one attached hydrogen (secondary N) is 1. The van der Waals surface area contributed by atoms with Gasteiger partial charge in [-0.15, -0.1) is 11.3 Å². The van der Waals surface area contributed by atoms with Gasteiger partial charge < -0.3 is 11.1 Å². The Balaban J connectivity index is 1.98. The number of rotatable bonds is 2. The van der Waals surface area contributed by atoms with Crippen LogP contribution in [0, 0.1) is 13.8 Å². The number of nitrogens with two attached hydrogens (primary N) is 1. The van der Waals surface area contributed by atoms with Gasteiger partial charge in [0.05, 0.1) is 5.69 Å². The average Bonchev–Trinajstić information content (AvgIpc) is 2.94. The van der Waals surface area contributed by atoms with Gasteiger partial charge in [0.25, 0.3) is 5.91 Å². The summed E-state index contributed by atoms with van der Waals surface area (Å²) in [6, 6.07) is 2.01. The lowest BCUT2D eigenvalue weighted by Gasteiger charge is -2.24. The zero-order valence-electron chi connectivity index (χ0n) is 12.7.